The van der Waals surface area contributed by atoms with E-state index in [9.17, 15) is 0 Å². The summed E-state index contributed by atoms with van der Waals surface area (Å²) in [6.45, 7) is 4.65. The topological polar surface area (TPSA) is 84.1 Å². The van der Waals surface area contributed by atoms with Gasteiger partial charge in [0.1, 0.15) is 18.0 Å². The Hall–Kier alpha value is -1.36. The quantitative estimate of drug-likeness (QED) is 0.649. The van der Waals surface area contributed by atoms with Crippen LogP contribution in [-0.2, 0) is 0 Å². The average molecular weight is 196 g/mol. The highest BCUT2D eigenvalue weighted by Crippen LogP contribution is 2.14. The molecule has 0 aliphatic rings. The predicted octanol–water partition coefficient (Wildman–Crippen LogP) is 0.408. The van der Waals surface area contributed by atoms with E-state index in [4.69, 9.17) is 10.8 Å². The zero-order chi connectivity index (χ0) is 10.6. The fraction of sp³-hybridized carbons (Fsp3) is 0.556. The van der Waals surface area contributed by atoms with E-state index in [2.05, 4.69) is 15.3 Å². The van der Waals surface area contributed by atoms with Crippen LogP contribution >= 0.6 is 0 Å². The van der Waals surface area contributed by atoms with Gasteiger partial charge in [-0.15, -0.1) is 0 Å². The lowest BCUT2D eigenvalue weighted by atomic mass is 10.2. The van der Waals surface area contributed by atoms with Crippen molar-refractivity contribution in [2.75, 3.05) is 24.2 Å². The summed E-state index contributed by atoms with van der Waals surface area (Å²) in [5.41, 5.74) is 6.46. The maximum atomic E-state index is 8.84. The molecule has 78 valence electrons. The van der Waals surface area contributed by atoms with Crippen molar-refractivity contribution < 1.29 is 5.11 Å². The van der Waals surface area contributed by atoms with Crippen molar-refractivity contribution >= 4 is 11.6 Å². The number of anilines is 2. The minimum absolute atomic E-state index is 0.159. The minimum atomic E-state index is 0.159. The molecule has 0 fully saturated rings. The predicted molar refractivity (Wildman–Crippen MR) is 55.9 cm³/mol. The molecule has 0 saturated carbocycles. The van der Waals surface area contributed by atoms with Gasteiger partial charge in [0, 0.05) is 18.7 Å². The molecule has 0 spiro atoms. The van der Waals surface area contributed by atoms with Crippen LogP contribution in [0.25, 0.3) is 0 Å². The monoisotopic (exact) mass is 196 g/mol. The van der Waals surface area contributed by atoms with Gasteiger partial charge in [-0.2, -0.15) is 0 Å². The first-order valence-electron chi connectivity index (χ1n) is 4.57. The average Bonchev–Trinajstić information content (AvgIpc) is 2.20. The summed E-state index contributed by atoms with van der Waals surface area (Å²) in [6.07, 6.45) is 1.42. The van der Waals surface area contributed by atoms with E-state index in [1.807, 2.05) is 13.8 Å². The smallest absolute Gasteiger partial charge is 0.134 e. The van der Waals surface area contributed by atoms with Crippen LogP contribution in [0.5, 0.6) is 0 Å². The van der Waals surface area contributed by atoms with E-state index in [-0.39, 0.29) is 12.5 Å². The van der Waals surface area contributed by atoms with Crippen LogP contribution < -0.4 is 11.1 Å². The maximum Gasteiger partial charge on any atom is 0.134 e. The number of hydrogen-bond donors (Lipinski definition) is 3. The van der Waals surface area contributed by atoms with Crippen molar-refractivity contribution in [3.63, 3.8) is 0 Å². The van der Waals surface area contributed by atoms with Crippen molar-refractivity contribution in [1.29, 1.82) is 0 Å². The maximum absolute atomic E-state index is 8.84. The summed E-state index contributed by atoms with van der Waals surface area (Å²) in [7, 11) is 0. The lowest BCUT2D eigenvalue weighted by molar-refractivity contribution is 0.244. The van der Waals surface area contributed by atoms with Gasteiger partial charge in [0.25, 0.3) is 0 Å². The number of nitrogens with zero attached hydrogens (tertiary/aromatic N) is 2. The number of aromatic nitrogens is 2. The number of hydrogen-bond acceptors (Lipinski definition) is 5. The molecule has 0 radical (unpaired) electrons. The van der Waals surface area contributed by atoms with Gasteiger partial charge in [0.05, 0.1) is 0 Å². The molecule has 0 aromatic carbocycles. The summed E-state index contributed by atoms with van der Waals surface area (Å²) in [4.78, 5) is 7.93. The normalized spacial score (nSPS) is 12.5. The highest BCUT2D eigenvalue weighted by atomic mass is 16.3. The second kappa shape index (κ2) is 4.76. The molecule has 0 bridgehead atoms. The molecular formula is C9H16N4O. The molecule has 4 N–H and O–H groups in total. The standard InChI is InChI=1S/C9H16N4O/c1-6(4-14)3-11-9-7(2)8(10)12-5-13-9/h5-6,14H,3-4H2,1-2H3,(H3,10,11,12,13). The Kier molecular flexibility index (Phi) is 3.64. The van der Waals surface area contributed by atoms with Gasteiger partial charge in [-0.05, 0) is 12.8 Å². The van der Waals surface area contributed by atoms with Crippen molar-refractivity contribution in [2.24, 2.45) is 5.92 Å². The molecule has 0 aliphatic carbocycles. The van der Waals surface area contributed by atoms with Gasteiger partial charge >= 0.3 is 0 Å². The van der Waals surface area contributed by atoms with E-state index in [0.717, 1.165) is 11.4 Å². The molecular weight excluding hydrogens is 180 g/mol. The molecule has 0 aliphatic heterocycles. The number of aliphatic hydroxyl groups excluding tert-OH is 1. The molecule has 1 aromatic rings. The molecule has 1 unspecified atom stereocenters. The SMILES string of the molecule is Cc1c(N)ncnc1NCC(C)CO. The highest BCUT2D eigenvalue weighted by Gasteiger charge is 2.05. The van der Waals surface area contributed by atoms with Crippen molar-refractivity contribution in [1.82, 2.24) is 9.97 Å². The molecule has 1 aromatic heterocycles. The van der Waals surface area contributed by atoms with E-state index >= 15 is 0 Å². The summed E-state index contributed by atoms with van der Waals surface area (Å²) in [5.74, 6) is 1.42. The second-order valence-electron chi connectivity index (χ2n) is 3.40. The summed E-state index contributed by atoms with van der Waals surface area (Å²) in [5, 5.41) is 12.0. The highest BCUT2D eigenvalue weighted by molar-refractivity contribution is 5.53. The fourth-order valence-corrected chi connectivity index (χ4v) is 0.977. The molecule has 0 saturated heterocycles. The van der Waals surface area contributed by atoms with Crippen LogP contribution in [0.1, 0.15) is 12.5 Å². The van der Waals surface area contributed by atoms with E-state index in [1.165, 1.54) is 6.33 Å². The van der Waals surface area contributed by atoms with Crippen LogP contribution in [0.2, 0.25) is 0 Å². The number of rotatable bonds is 4. The fourth-order valence-electron chi connectivity index (χ4n) is 0.977. The third-order valence-electron chi connectivity index (χ3n) is 2.05. The third kappa shape index (κ3) is 2.56. The molecule has 1 heterocycles. The molecule has 1 atom stereocenters. The van der Waals surface area contributed by atoms with Gasteiger partial charge in [-0.1, -0.05) is 6.92 Å². The van der Waals surface area contributed by atoms with Crippen molar-refractivity contribution in [3.8, 4) is 0 Å². The van der Waals surface area contributed by atoms with Gasteiger partial charge in [-0.3, -0.25) is 0 Å². The lowest BCUT2D eigenvalue weighted by Gasteiger charge is -2.12. The van der Waals surface area contributed by atoms with Gasteiger partial charge < -0.3 is 16.2 Å². The summed E-state index contributed by atoms with van der Waals surface area (Å²) < 4.78 is 0. The minimum Gasteiger partial charge on any atom is -0.396 e. The van der Waals surface area contributed by atoms with Crippen LogP contribution in [0.3, 0.4) is 0 Å². The zero-order valence-corrected chi connectivity index (χ0v) is 8.49. The molecule has 14 heavy (non-hydrogen) atoms. The number of aliphatic hydroxyl groups is 1. The summed E-state index contributed by atoms with van der Waals surface area (Å²) in [6, 6.07) is 0. The number of nitrogens with two attached hydrogens (primary N) is 1. The number of nitrogen functional groups attached to an aromatic ring is 1. The Morgan fingerprint density at radius 1 is 1.57 bits per heavy atom. The lowest BCUT2D eigenvalue weighted by Crippen LogP contribution is -2.16. The van der Waals surface area contributed by atoms with Crippen LogP contribution in [0.15, 0.2) is 6.33 Å². The first-order chi connectivity index (χ1) is 6.65. The molecule has 5 nitrogen and oxygen atoms in total. The second-order valence-corrected chi connectivity index (χ2v) is 3.40. The van der Waals surface area contributed by atoms with E-state index in [1.54, 1.807) is 0 Å². The Morgan fingerprint density at radius 2 is 2.29 bits per heavy atom. The largest absolute Gasteiger partial charge is 0.396 e. The van der Waals surface area contributed by atoms with Crippen molar-refractivity contribution in [3.05, 3.63) is 11.9 Å². The first-order valence-corrected chi connectivity index (χ1v) is 4.57. The van der Waals surface area contributed by atoms with Crippen LogP contribution in [-0.4, -0.2) is 28.2 Å². The van der Waals surface area contributed by atoms with E-state index < -0.39 is 0 Å². The van der Waals surface area contributed by atoms with Gasteiger partial charge in [0.15, 0.2) is 0 Å². The van der Waals surface area contributed by atoms with Gasteiger partial charge in [0.2, 0.25) is 0 Å². The molecule has 5 heteroatoms. The Bertz CT molecular complexity index is 303. The summed E-state index contributed by atoms with van der Waals surface area (Å²) >= 11 is 0. The zero-order valence-electron chi connectivity index (χ0n) is 8.49. The first kappa shape index (κ1) is 10.7. The van der Waals surface area contributed by atoms with Gasteiger partial charge in [-0.25, -0.2) is 9.97 Å². The third-order valence-corrected chi connectivity index (χ3v) is 2.05. The van der Waals surface area contributed by atoms with Crippen LogP contribution in [0, 0.1) is 12.8 Å². The Labute approximate surface area is 83.4 Å². The Morgan fingerprint density at radius 3 is 2.93 bits per heavy atom. The van der Waals surface area contributed by atoms with Crippen LogP contribution in [0.4, 0.5) is 11.6 Å². The molecule has 1 rings (SSSR count). The Balaban J connectivity index is 2.63. The molecule has 0 amide bonds. The number of nitrogens with one attached hydrogen (secondary N) is 1. The van der Waals surface area contributed by atoms with Crippen molar-refractivity contribution in [2.45, 2.75) is 13.8 Å². The van der Waals surface area contributed by atoms with E-state index in [0.29, 0.717) is 12.4 Å².